The molecule has 1 aromatic rings. The van der Waals surface area contributed by atoms with Crippen LogP contribution in [0.4, 0.5) is 0 Å². The zero-order valence-electron chi connectivity index (χ0n) is 13.1. The van der Waals surface area contributed by atoms with Crippen molar-refractivity contribution in [3.05, 3.63) is 22.7 Å². The molecule has 1 atom stereocenters. The molecule has 0 aromatic heterocycles. The van der Waals surface area contributed by atoms with Gasteiger partial charge < -0.3 is 19.7 Å². The molecule has 128 valence electrons. The van der Waals surface area contributed by atoms with Crippen LogP contribution in [0.3, 0.4) is 0 Å². The van der Waals surface area contributed by atoms with E-state index >= 15 is 0 Å². The third kappa shape index (κ3) is 4.43. The van der Waals surface area contributed by atoms with Gasteiger partial charge in [-0.05, 0) is 31.0 Å². The van der Waals surface area contributed by atoms with Crippen LogP contribution < -0.4 is 14.8 Å². The summed E-state index contributed by atoms with van der Waals surface area (Å²) in [7, 11) is 0. The molecule has 0 spiro atoms. The maximum atomic E-state index is 11.6. The molecule has 5 nitrogen and oxygen atoms in total. The van der Waals surface area contributed by atoms with E-state index in [1.807, 2.05) is 17.0 Å². The van der Waals surface area contributed by atoms with Crippen molar-refractivity contribution in [2.45, 2.75) is 32.4 Å². The lowest BCUT2D eigenvalue weighted by Gasteiger charge is -2.23. The molecule has 0 aliphatic carbocycles. The van der Waals surface area contributed by atoms with Gasteiger partial charge in [0, 0.05) is 32.1 Å². The van der Waals surface area contributed by atoms with Crippen LogP contribution in [0.1, 0.15) is 25.3 Å². The van der Waals surface area contributed by atoms with Gasteiger partial charge in [0.25, 0.3) is 0 Å². The number of nitrogens with zero attached hydrogens (tertiary/aromatic N) is 1. The standard InChI is InChI=1S/C16H21ClN2O3.ClH/c1-11(10-19-4-2-3-15(19)20)18-9-12-7-13(17)16-14(8-12)21-5-6-22-16;/h7-8,11,18H,2-6,9-10H2,1H3;1H. The Morgan fingerprint density at radius 2 is 2.13 bits per heavy atom. The Balaban J connectivity index is 0.00000192. The quantitative estimate of drug-likeness (QED) is 0.876. The van der Waals surface area contributed by atoms with Crippen LogP contribution >= 0.6 is 24.0 Å². The lowest BCUT2D eigenvalue weighted by Crippen LogP contribution is -2.39. The molecular formula is C16H22Cl2N2O3. The minimum Gasteiger partial charge on any atom is -0.486 e. The maximum absolute atomic E-state index is 11.6. The van der Waals surface area contributed by atoms with E-state index in [0.29, 0.717) is 42.7 Å². The van der Waals surface area contributed by atoms with Crippen molar-refractivity contribution in [1.29, 1.82) is 0 Å². The van der Waals surface area contributed by atoms with Crippen LogP contribution in [0, 0.1) is 0 Å². The van der Waals surface area contributed by atoms with E-state index in [9.17, 15) is 4.79 Å². The second kappa shape index (κ2) is 8.08. The molecule has 2 aliphatic heterocycles. The molecule has 0 radical (unpaired) electrons. The molecular weight excluding hydrogens is 339 g/mol. The normalized spacial score (nSPS) is 17.8. The Labute approximate surface area is 147 Å². The molecule has 1 saturated heterocycles. The Morgan fingerprint density at radius 3 is 2.87 bits per heavy atom. The summed E-state index contributed by atoms with van der Waals surface area (Å²) in [5.41, 5.74) is 1.05. The highest BCUT2D eigenvalue weighted by molar-refractivity contribution is 6.32. The van der Waals surface area contributed by atoms with E-state index in [1.165, 1.54) is 0 Å². The predicted molar refractivity (Wildman–Crippen MR) is 91.8 cm³/mol. The van der Waals surface area contributed by atoms with Crippen molar-refractivity contribution in [3.63, 3.8) is 0 Å². The molecule has 3 rings (SSSR count). The minimum atomic E-state index is 0. The second-order valence-electron chi connectivity index (χ2n) is 5.83. The molecule has 1 fully saturated rings. The molecule has 0 bridgehead atoms. The molecule has 1 unspecified atom stereocenters. The molecule has 2 heterocycles. The SMILES string of the molecule is CC(CN1CCCC1=O)NCc1cc(Cl)c2c(c1)OCCO2.Cl. The van der Waals surface area contributed by atoms with E-state index in [2.05, 4.69) is 12.2 Å². The third-order valence-corrected chi connectivity index (χ3v) is 4.26. The molecule has 1 aromatic carbocycles. The number of rotatable bonds is 5. The predicted octanol–water partition coefficient (Wildman–Crippen LogP) is 2.63. The molecule has 7 heteroatoms. The van der Waals surface area contributed by atoms with Gasteiger partial charge in [0.05, 0.1) is 5.02 Å². The second-order valence-corrected chi connectivity index (χ2v) is 6.23. The lowest BCUT2D eigenvalue weighted by molar-refractivity contribution is -0.127. The summed E-state index contributed by atoms with van der Waals surface area (Å²) in [4.78, 5) is 13.6. The Hall–Kier alpha value is -1.17. The van der Waals surface area contributed by atoms with Gasteiger partial charge in [-0.1, -0.05) is 11.6 Å². The van der Waals surface area contributed by atoms with Gasteiger partial charge >= 0.3 is 0 Å². The average Bonchev–Trinajstić information content (AvgIpc) is 2.90. The highest BCUT2D eigenvalue weighted by Gasteiger charge is 2.22. The summed E-state index contributed by atoms with van der Waals surface area (Å²) in [5.74, 6) is 1.60. The number of halogens is 2. The molecule has 1 N–H and O–H groups in total. The summed E-state index contributed by atoms with van der Waals surface area (Å²) < 4.78 is 11.1. The van der Waals surface area contributed by atoms with Gasteiger partial charge in [0.1, 0.15) is 13.2 Å². The number of hydrogen-bond acceptors (Lipinski definition) is 4. The first-order chi connectivity index (χ1) is 10.6. The van der Waals surface area contributed by atoms with Crippen molar-refractivity contribution >= 4 is 29.9 Å². The molecule has 23 heavy (non-hydrogen) atoms. The van der Waals surface area contributed by atoms with E-state index in [4.69, 9.17) is 21.1 Å². The monoisotopic (exact) mass is 360 g/mol. The Morgan fingerprint density at radius 1 is 1.35 bits per heavy atom. The highest BCUT2D eigenvalue weighted by atomic mass is 35.5. The number of benzene rings is 1. The zero-order chi connectivity index (χ0) is 15.5. The highest BCUT2D eigenvalue weighted by Crippen LogP contribution is 2.38. The van der Waals surface area contributed by atoms with Gasteiger partial charge in [-0.25, -0.2) is 0 Å². The molecule has 2 aliphatic rings. The van der Waals surface area contributed by atoms with Gasteiger partial charge in [-0.15, -0.1) is 12.4 Å². The zero-order valence-corrected chi connectivity index (χ0v) is 14.7. The van der Waals surface area contributed by atoms with Crippen molar-refractivity contribution in [1.82, 2.24) is 10.2 Å². The van der Waals surface area contributed by atoms with Gasteiger partial charge in [-0.3, -0.25) is 4.79 Å². The first-order valence-electron chi connectivity index (χ1n) is 7.72. The summed E-state index contributed by atoms with van der Waals surface area (Å²) in [6.45, 7) is 5.47. The Bertz CT molecular complexity index is 569. The summed E-state index contributed by atoms with van der Waals surface area (Å²) in [5, 5.41) is 4.01. The van der Waals surface area contributed by atoms with Gasteiger partial charge in [0.15, 0.2) is 11.5 Å². The number of amides is 1. The molecule has 1 amide bonds. The van der Waals surface area contributed by atoms with Crippen molar-refractivity contribution in [2.75, 3.05) is 26.3 Å². The number of carbonyl (C=O) groups is 1. The number of ether oxygens (including phenoxy) is 2. The first-order valence-corrected chi connectivity index (χ1v) is 8.10. The van der Waals surface area contributed by atoms with E-state index < -0.39 is 0 Å². The number of hydrogen-bond donors (Lipinski definition) is 1. The fraction of sp³-hybridized carbons (Fsp3) is 0.562. The lowest BCUT2D eigenvalue weighted by atomic mass is 10.1. The van der Waals surface area contributed by atoms with E-state index in [0.717, 1.165) is 25.1 Å². The maximum Gasteiger partial charge on any atom is 0.222 e. The third-order valence-electron chi connectivity index (χ3n) is 3.98. The summed E-state index contributed by atoms with van der Waals surface area (Å²) in [6.07, 6.45) is 1.66. The van der Waals surface area contributed by atoms with Crippen molar-refractivity contribution < 1.29 is 14.3 Å². The van der Waals surface area contributed by atoms with Crippen LogP contribution in [0.15, 0.2) is 12.1 Å². The topological polar surface area (TPSA) is 50.8 Å². The fourth-order valence-electron chi connectivity index (χ4n) is 2.85. The number of likely N-dealkylation sites (tertiary alicyclic amines) is 1. The van der Waals surface area contributed by atoms with Crippen molar-refractivity contribution in [2.24, 2.45) is 0 Å². The number of carbonyl (C=O) groups excluding carboxylic acids is 1. The summed E-state index contributed by atoms with van der Waals surface area (Å²) in [6, 6.07) is 4.09. The fourth-order valence-corrected chi connectivity index (χ4v) is 3.14. The van der Waals surface area contributed by atoms with Crippen molar-refractivity contribution in [3.8, 4) is 11.5 Å². The largest absolute Gasteiger partial charge is 0.486 e. The smallest absolute Gasteiger partial charge is 0.222 e. The van der Waals surface area contributed by atoms with E-state index in [1.54, 1.807) is 0 Å². The van der Waals surface area contributed by atoms with Crippen LogP contribution in [-0.4, -0.2) is 43.2 Å². The van der Waals surface area contributed by atoms with Crippen LogP contribution in [0.5, 0.6) is 11.5 Å². The summed E-state index contributed by atoms with van der Waals surface area (Å²) >= 11 is 6.23. The van der Waals surface area contributed by atoms with Gasteiger partial charge in [-0.2, -0.15) is 0 Å². The van der Waals surface area contributed by atoms with Crippen LogP contribution in [-0.2, 0) is 11.3 Å². The first kappa shape index (κ1) is 18.2. The minimum absolute atomic E-state index is 0. The number of nitrogens with one attached hydrogen (secondary N) is 1. The average molecular weight is 361 g/mol. The van der Waals surface area contributed by atoms with E-state index in [-0.39, 0.29) is 24.4 Å². The van der Waals surface area contributed by atoms with Gasteiger partial charge in [0.2, 0.25) is 5.91 Å². The molecule has 0 saturated carbocycles. The van der Waals surface area contributed by atoms with Crippen LogP contribution in [0.25, 0.3) is 0 Å². The Kier molecular flexibility index (Phi) is 6.39. The van der Waals surface area contributed by atoms with Crippen LogP contribution in [0.2, 0.25) is 5.02 Å². The number of fused-ring (bicyclic) bond motifs is 1.